The molecule has 22 heavy (non-hydrogen) atoms. The van der Waals surface area contributed by atoms with Crippen molar-refractivity contribution in [2.45, 2.75) is 65.8 Å². The Morgan fingerprint density at radius 3 is 2.36 bits per heavy atom. The van der Waals surface area contributed by atoms with E-state index in [-0.39, 0.29) is 0 Å². The van der Waals surface area contributed by atoms with Gasteiger partial charge in [-0.25, -0.2) is 0 Å². The van der Waals surface area contributed by atoms with E-state index in [1.165, 1.54) is 31.2 Å². The molecule has 0 fully saturated rings. The number of benzene rings is 1. The Morgan fingerprint density at radius 1 is 0.864 bits per heavy atom. The molecular weight excluding hydrogens is 274 g/mol. The quantitative estimate of drug-likeness (QED) is 0.524. The van der Waals surface area contributed by atoms with E-state index in [9.17, 15) is 0 Å². The van der Waals surface area contributed by atoms with Crippen LogP contribution in [0.4, 0.5) is 0 Å². The Hall–Kier alpha value is -1.22. The summed E-state index contributed by atoms with van der Waals surface area (Å²) in [6.45, 7) is 9.92. The van der Waals surface area contributed by atoms with Crippen LogP contribution < -0.4 is 14.8 Å². The molecule has 1 rings (SSSR count). The molecule has 0 aliphatic carbocycles. The number of hydrogen-bond acceptors (Lipinski definition) is 3. The monoisotopic (exact) mass is 307 g/mol. The Labute approximate surface area is 136 Å². The molecule has 3 nitrogen and oxygen atoms in total. The van der Waals surface area contributed by atoms with Crippen molar-refractivity contribution in [2.75, 3.05) is 19.8 Å². The van der Waals surface area contributed by atoms with Crippen LogP contribution in [-0.2, 0) is 6.54 Å². The molecule has 0 spiro atoms. The van der Waals surface area contributed by atoms with Crippen molar-refractivity contribution in [3.63, 3.8) is 0 Å². The molecule has 0 saturated carbocycles. The van der Waals surface area contributed by atoms with Crippen LogP contribution in [0.5, 0.6) is 11.5 Å². The number of ether oxygens (including phenoxy) is 2. The third-order valence-corrected chi connectivity index (χ3v) is 3.50. The highest BCUT2D eigenvalue weighted by molar-refractivity contribution is 5.40. The number of hydrogen-bond donors (Lipinski definition) is 1. The third-order valence-electron chi connectivity index (χ3n) is 3.50. The van der Waals surface area contributed by atoms with E-state index in [4.69, 9.17) is 9.47 Å². The fraction of sp³-hybridized carbons (Fsp3) is 0.684. The number of rotatable bonds is 13. The van der Waals surface area contributed by atoms with Crippen LogP contribution >= 0.6 is 0 Å². The van der Waals surface area contributed by atoms with E-state index in [1.807, 2.05) is 12.1 Å². The average molecular weight is 307 g/mol. The van der Waals surface area contributed by atoms with E-state index < -0.39 is 0 Å². The number of nitrogens with one attached hydrogen (secondary N) is 1. The summed E-state index contributed by atoms with van der Waals surface area (Å²) in [5.74, 6) is 1.86. The van der Waals surface area contributed by atoms with Crippen molar-refractivity contribution in [3.05, 3.63) is 23.8 Å². The van der Waals surface area contributed by atoms with Gasteiger partial charge in [-0.1, -0.05) is 46.1 Å². The van der Waals surface area contributed by atoms with Gasteiger partial charge in [0.1, 0.15) is 11.5 Å². The van der Waals surface area contributed by atoms with Crippen LogP contribution in [0.15, 0.2) is 18.2 Å². The lowest BCUT2D eigenvalue weighted by atomic mass is 10.1. The maximum Gasteiger partial charge on any atom is 0.127 e. The summed E-state index contributed by atoms with van der Waals surface area (Å²) >= 11 is 0. The summed E-state index contributed by atoms with van der Waals surface area (Å²) in [5.41, 5.74) is 1.22. The van der Waals surface area contributed by atoms with Crippen LogP contribution in [0.25, 0.3) is 0 Å². The second-order valence-electron chi connectivity index (χ2n) is 5.70. The van der Waals surface area contributed by atoms with Crippen molar-refractivity contribution >= 4 is 0 Å². The second kappa shape index (κ2) is 12.3. The first-order valence-electron chi connectivity index (χ1n) is 8.91. The van der Waals surface area contributed by atoms with Crippen molar-refractivity contribution in [1.82, 2.24) is 5.32 Å². The Bertz CT molecular complexity index is 393. The zero-order chi connectivity index (χ0) is 16.0. The molecule has 3 heteroatoms. The molecule has 0 saturated heterocycles. The summed E-state index contributed by atoms with van der Waals surface area (Å²) < 4.78 is 11.6. The minimum absolute atomic E-state index is 0.751. The average Bonchev–Trinajstić information content (AvgIpc) is 2.55. The Kier molecular flexibility index (Phi) is 10.6. The van der Waals surface area contributed by atoms with Crippen LogP contribution in [0, 0.1) is 0 Å². The predicted octanol–water partition coefficient (Wildman–Crippen LogP) is 4.93. The molecule has 0 radical (unpaired) electrons. The highest BCUT2D eigenvalue weighted by Crippen LogP contribution is 2.25. The Balaban J connectivity index is 2.51. The largest absolute Gasteiger partial charge is 0.493 e. The minimum Gasteiger partial charge on any atom is -0.493 e. The van der Waals surface area contributed by atoms with Crippen molar-refractivity contribution in [2.24, 2.45) is 0 Å². The fourth-order valence-electron chi connectivity index (χ4n) is 2.24. The standard InChI is InChI=1S/C19H33NO2/c1-4-7-8-9-12-20-16-17-10-11-18(21-13-5-2)15-19(17)22-14-6-3/h10-11,15,20H,4-9,12-14,16H2,1-3H3. The minimum atomic E-state index is 0.751. The molecule has 1 aromatic rings. The predicted molar refractivity (Wildman–Crippen MR) is 93.9 cm³/mol. The summed E-state index contributed by atoms with van der Waals surface area (Å²) in [7, 11) is 0. The molecule has 1 N–H and O–H groups in total. The van der Waals surface area contributed by atoms with Crippen LogP contribution in [-0.4, -0.2) is 19.8 Å². The first kappa shape index (κ1) is 18.8. The molecule has 1 aromatic carbocycles. The molecule has 0 aromatic heterocycles. The summed E-state index contributed by atoms with van der Waals surface area (Å²) in [6, 6.07) is 6.19. The first-order chi connectivity index (χ1) is 10.8. The lowest BCUT2D eigenvalue weighted by Crippen LogP contribution is -2.15. The molecule has 126 valence electrons. The SMILES string of the molecule is CCCCCCNCc1ccc(OCCC)cc1OCCC. The first-order valence-corrected chi connectivity index (χ1v) is 8.91. The zero-order valence-electron chi connectivity index (χ0n) is 14.6. The fourth-order valence-corrected chi connectivity index (χ4v) is 2.24. The lowest BCUT2D eigenvalue weighted by Gasteiger charge is -2.14. The van der Waals surface area contributed by atoms with E-state index in [1.54, 1.807) is 0 Å². The summed E-state index contributed by atoms with van der Waals surface area (Å²) in [5, 5.41) is 3.52. The van der Waals surface area contributed by atoms with E-state index in [0.29, 0.717) is 0 Å². The molecular formula is C19H33NO2. The van der Waals surface area contributed by atoms with Gasteiger partial charge >= 0.3 is 0 Å². The molecule has 0 amide bonds. The molecule has 0 aliphatic heterocycles. The topological polar surface area (TPSA) is 30.5 Å². The van der Waals surface area contributed by atoms with Crippen LogP contribution in [0.1, 0.15) is 64.9 Å². The summed E-state index contributed by atoms with van der Waals surface area (Å²) in [6.07, 6.45) is 7.21. The van der Waals surface area contributed by atoms with E-state index >= 15 is 0 Å². The van der Waals surface area contributed by atoms with Crippen molar-refractivity contribution < 1.29 is 9.47 Å². The smallest absolute Gasteiger partial charge is 0.127 e. The van der Waals surface area contributed by atoms with Crippen molar-refractivity contribution in [3.8, 4) is 11.5 Å². The molecule has 0 unspecified atom stereocenters. The molecule has 0 heterocycles. The maximum atomic E-state index is 5.88. The van der Waals surface area contributed by atoms with Gasteiger partial charge in [-0.3, -0.25) is 0 Å². The van der Waals surface area contributed by atoms with Crippen molar-refractivity contribution in [1.29, 1.82) is 0 Å². The summed E-state index contributed by atoms with van der Waals surface area (Å²) in [4.78, 5) is 0. The van der Waals surface area contributed by atoms with Gasteiger partial charge in [-0.05, 0) is 31.9 Å². The molecule has 0 atom stereocenters. The van der Waals surface area contributed by atoms with Gasteiger partial charge in [0.25, 0.3) is 0 Å². The van der Waals surface area contributed by atoms with Gasteiger partial charge in [0.05, 0.1) is 13.2 Å². The van der Waals surface area contributed by atoms with Gasteiger partial charge < -0.3 is 14.8 Å². The van der Waals surface area contributed by atoms with Crippen LogP contribution in [0.3, 0.4) is 0 Å². The van der Waals surface area contributed by atoms with Crippen LogP contribution in [0.2, 0.25) is 0 Å². The zero-order valence-corrected chi connectivity index (χ0v) is 14.6. The van der Waals surface area contributed by atoms with Gasteiger partial charge in [0.15, 0.2) is 0 Å². The Morgan fingerprint density at radius 2 is 1.64 bits per heavy atom. The van der Waals surface area contributed by atoms with E-state index in [0.717, 1.165) is 50.6 Å². The van der Waals surface area contributed by atoms with Gasteiger partial charge in [-0.15, -0.1) is 0 Å². The van der Waals surface area contributed by atoms with Gasteiger partial charge in [0, 0.05) is 18.2 Å². The lowest BCUT2D eigenvalue weighted by molar-refractivity contribution is 0.299. The molecule has 0 aliphatic rings. The van der Waals surface area contributed by atoms with Gasteiger partial charge in [0.2, 0.25) is 0 Å². The highest BCUT2D eigenvalue weighted by atomic mass is 16.5. The second-order valence-corrected chi connectivity index (χ2v) is 5.70. The van der Waals surface area contributed by atoms with Gasteiger partial charge in [-0.2, -0.15) is 0 Å². The third kappa shape index (κ3) is 7.69. The van der Waals surface area contributed by atoms with E-state index in [2.05, 4.69) is 32.2 Å². The highest BCUT2D eigenvalue weighted by Gasteiger charge is 2.06. The maximum absolute atomic E-state index is 5.88. The molecule has 0 bridgehead atoms. The normalized spacial score (nSPS) is 10.7. The number of unbranched alkanes of at least 4 members (excludes halogenated alkanes) is 3.